The lowest BCUT2D eigenvalue weighted by atomic mass is 9.90. The number of piperazine rings is 1. The zero-order chi connectivity index (χ0) is 30.0. The number of carbonyl (C=O) groups excluding carboxylic acids is 2. The first-order valence-corrected chi connectivity index (χ1v) is 15.6. The fourth-order valence-electron chi connectivity index (χ4n) is 5.95. The Labute approximate surface area is 260 Å². The Kier molecular flexibility index (Phi) is 9.37. The zero-order valence-corrected chi connectivity index (χ0v) is 26.6. The Balaban J connectivity index is 1.43. The highest BCUT2D eigenvalue weighted by molar-refractivity contribution is 9.10. The lowest BCUT2D eigenvalue weighted by Crippen LogP contribution is -2.61. The van der Waals surface area contributed by atoms with Gasteiger partial charge >= 0.3 is 0 Å². The van der Waals surface area contributed by atoms with Crippen molar-refractivity contribution in [3.05, 3.63) is 80.6 Å². The Bertz CT molecular complexity index is 1370. The van der Waals surface area contributed by atoms with Crippen LogP contribution in [0.4, 0.5) is 0 Å². The first-order valence-electron chi connectivity index (χ1n) is 14.4. The van der Waals surface area contributed by atoms with Gasteiger partial charge in [-0.3, -0.25) is 19.5 Å². The van der Waals surface area contributed by atoms with E-state index < -0.39 is 12.1 Å². The summed E-state index contributed by atoms with van der Waals surface area (Å²) in [6.07, 6.45) is 6.47. The molecule has 3 atom stereocenters. The van der Waals surface area contributed by atoms with E-state index in [-0.39, 0.29) is 29.8 Å². The molecule has 2 unspecified atom stereocenters. The number of aliphatic hydroxyl groups is 1. The number of imidazole rings is 1. The molecule has 5 rings (SSSR count). The van der Waals surface area contributed by atoms with E-state index in [0.717, 1.165) is 34.1 Å². The van der Waals surface area contributed by atoms with E-state index in [9.17, 15) is 14.7 Å². The van der Waals surface area contributed by atoms with Crippen molar-refractivity contribution in [2.75, 3.05) is 26.2 Å². The number of pyridine rings is 1. The van der Waals surface area contributed by atoms with Gasteiger partial charge in [-0.15, -0.1) is 0 Å². The van der Waals surface area contributed by atoms with Crippen molar-refractivity contribution in [3.63, 3.8) is 0 Å². The average molecular weight is 658 g/mol. The number of amides is 2. The van der Waals surface area contributed by atoms with Gasteiger partial charge in [0.05, 0.1) is 36.1 Å². The van der Waals surface area contributed by atoms with Crippen LogP contribution in [-0.2, 0) is 22.4 Å². The summed E-state index contributed by atoms with van der Waals surface area (Å²) in [5.41, 5.74) is 4.81. The largest absolute Gasteiger partial charge is 0.387 e. The van der Waals surface area contributed by atoms with Crippen LogP contribution in [0, 0.1) is 5.41 Å². The standard InChI is InChI=1S/C31H38BrClN6O3/c1-31(2,3)14-27(41)39-11-10-38(17-25(39)30(42)35-9-8-26(40)24-16-34-18-37-24)29-23-7-6-22(33)13-19(23)4-5-20-12-21(32)15-36-28(20)29/h6-7,12-13,15-16,18,25-26,29,40H,4-5,8-11,14,17H2,1-3H3,(H,34,37)(H,35,42)/t25-,26?,29?/m1/s1. The third-order valence-corrected chi connectivity index (χ3v) is 8.64. The Morgan fingerprint density at radius 2 is 1.98 bits per heavy atom. The molecule has 3 aromatic rings. The number of nitrogens with zero attached hydrogens (tertiary/aromatic N) is 4. The number of halogens is 2. The number of benzene rings is 1. The summed E-state index contributed by atoms with van der Waals surface area (Å²) >= 11 is 10.0. The van der Waals surface area contributed by atoms with Gasteiger partial charge in [0.25, 0.3) is 0 Å². The number of aromatic nitrogens is 3. The molecule has 3 N–H and O–H groups in total. The van der Waals surface area contributed by atoms with E-state index in [4.69, 9.17) is 16.6 Å². The van der Waals surface area contributed by atoms with Gasteiger partial charge in [0, 0.05) is 48.3 Å². The molecule has 1 aromatic carbocycles. The maximum absolute atomic E-state index is 13.8. The number of hydrogen-bond donors (Lipinski definition) is 3. The number of rotatable bonds is 7. The number of nitrogens with one attached hydrogen (secondary N) is 2. The van der Waals surface area contributed by atoms with Gasteiger partial charge < -0.3 is 20.3 Å². The van der Waals surface area contributed by atoms with Crippen LogP contribution in [0.15, 0.2) is 47.5 Å². The van der Waals surface area contributed by atoms with Crippen molar-refractivity contribution in [1.82, 2.24) is 30.1 Å². The van der Waals surface area contributed by atoms with Crippen LogP contribution in [0.3, 0.4) is 0 Å². The van der Waals surface area contributed by atoms with Gasteiger partial charge in [-0.05, 0) is 75.5 Å². The predicted octanol–water partition coefficient (Wildman–Crippen LogP) is 4.60. The quantitative estimate of drug-likeness (QED) is 0.343. The molecule has 1 fully saturated rings. The summed E-state index contributed by atoms with van der Waals surface area (Å²) in [4.78, 5) is 43.0. The Morgan fingerprint density at radius 1 is 1.19 bits per heavy atom. The highest BCUT2D eigenvalue weighted by atomic mass is 79.9. The molecule has 0 radical (unpaired) electrons. The van der Waals surface area contributed by atoms with Crippen LogP contribution in [0.1, 0.15) is 73.8 Å². The topological polar surface area (TPSA) is 114 Å². The summed E-state index contributed by atoms with van der Waals surface area (Å²) in [5, 5.41) is 14.1. The van der Waals surface area contributed by atoms with Crippen molar-refractivity contribution in [2.45, 2.75) is 64.6 Å². The molecule has 2 aromatic heterocycles. The smallest absolute Gasteiger partial charge is 0.244 e. The molecule has 3 heterocycles. The van der Waals surface area contributed by atoms with E-state index in [1.165, 1.54) is 11.9 Å². The number of aryl methyl sites for hydroxylation is 2. The number of hydrogen-bond acceptors (Lipinski definition) is 6. The normalized spacial score (nSPS) is 19.9. The summed E-state index contributed by atoms with van der Waals surface area (Å²) in [6, 6.07) is 7.28. The van der Waals surface area contributed by atoms with Crippen molar-refractivity contribution in [3.8, 4) is 0 Å². The van der Waals surface area contributed by atoms with Crippen LogP contribution in [0.5, 0.6) is 0 Å². The van der Waals surface area contributed by atoms with E-state index in [0.29, 0.717) is 43.2 Å². The predicted molar refractivity (Wildman–Crippen MR) is 165 cm³/mol. The first-order chi connectivity index (χ1) is 20.0. The molecule has 1 aliphatic heterocycles. The van der Waals surface area contributed by atoms with Crippen molar-refractivity contribution in [1.29, 1.82) is 0 Å². The molecular weight excluding hydrogens is 620 g/mol. The van der Waals surface area contributed by atoms with Gasteiger partial charge in [-0.2, -0.15) is 0 Å². The molecule has 2 aliphatic rings. The summed E-state index contributed by atoms with van der Waals surface area (Å²) in [7, 11) is 0. The molecule has 224 valence electrons. The molecule has 2 amide bonds. The summed E-state index contributed by atoms with van der Waals surface area (Å²) in [5.74, 6) is -0.261. The van der Waals surface area contributed by atoms with E-state index >= 15 is 0 Å². The minimum absolute atomic E-state index is 0.0321. The fourth-order valence-corrected chi connectivity index (χ4v) is 6.53. The first kappa shape index (κ1) is 30.7. The maximum atomic E-state index is 13.8. The molecule has 0 saturated carbocycles. The van der Waals surface area contributed by atoms with Gasteiger partial charge in [0.2, 0.25) is 11.8 Å². The molecule has 0 spiro atoms. The lowest BCUT2D eigenvalue weighted by Gasteiger charge is -2.44. The van der Waals surface area contributed by atoms with E-state index in [1.807, 2.05) is 39.1 Å². The number of carbonyl (C=O) groups is 2. The van der Waals surface area contributed by atoms with Crippen LogP contribution in [0.25, 0.3) is 0 Å². The monoisotopic (exact) mass is 656 g/mol. The molecule has 1 aliphatic carbocycles. The minimum atomic E-state index is -0.773. The van der Waals surface area contributed by atoms with Gasteiger partial charge in [0.15, 0.2) is 0 Å². The minimum Gasteiger partial charge on any atom is -0.387 e. The van der Waals surface area contributed by atoms with Crippen LogP contribution in [0.2, 0.25) is 5.02 Å². The Hall–Kier alpha value is -2.79. The fraction of sp³-hybridized carbons (Fsp3) is 0.484. The third-order valence-electron chi connectivity index (χ3n) is 7.97. The highest BCUT2D eigenvalue weighted by Crippen LogP contribution is 2.38. The van der Waals surface area contributed by atoms with E-state index in [1.54, 1.807) is 11.1 Å². The second-order valence-electron chi connectivity index (χ2n) is 12.4. The molecule has 1 saturated heterocycles. The molecule has 11 heteroatoms. The lowest BCUT2D eigenvalue weighted by molar-refractivity contribution is -0.146. The number of aromatic amines is 1. The zero-order valence-electron chi connectivity index (χ0n) is 24.2. The third kappa shape index (κ3) is 7.05. The average Bonchev–Trinajstić information content (AvgIpc) is 3.43. The van der Waals surface area contributed by atoms with Crippen molar-refractivity contribution >= 4 is 39.3 Å². The molecular formula is C31H38BrClN6O3. The SMILES string of the molecule is CC(C)(C)CC(=O)N1CCN(C2c3ccc(Cl)cc3CCc3cc(Br)cnc32)C[C@@H]1C(=O)NCCC(O)c1cnc[nH]1. The highest BCUT2D eigenvalue weighted by Gasteiger charge is 2.40. The van der Waals surface area contributed by atoms with Crippen LogP contribution in [-0.4, -0.2) is 73.9 Å². The maximum Gasteiger partial charge on any atom is 0.244 e. The summed E-state index contributed by atoms with van der Waals surface area (Å²) < 4.78 is 0.927. The second kappa shape index (κ2) is 12.8. The Morgan fingerprint density at radius 3 is 2.71 bits per heavy atom. The van der Waals surface area contributed by atoms with Crippen molar-refractivity contribution < 1.29 is 14.7 Å². The van der Waals surface area contributed by atoms with Crippen LogP contribution >= 0.6 is 27.5 Å². The molecule has 0 bridgehead atoms. The molecule has 42 heavy (non-hydrogen) atoms. The summed E-state index contributed by atoms with van der Waals surface area (Å²) in [6.45, 7) is 7.73. The van der Waals surface area contributed by atoms with Gasteiger partial charge in [-0.1, -0.05) is 38.4 Å². The van der Waals surface area contributed by atoms with Crippen LogP contribution < -0.4 is 5.32 Å². The number of fused-ring (bicyclic) bond motifs is 2. The second-order valence-corrected chi connectivity index (χ2v) is 13.7. The van der Waals surface area contributed by atoms with Gasteiger partial charge in [0.1, 0.15) is 6.04 Å². The van der Waals surface area contributed by atoms with Crippen molar-refractivity contribution in [2.24, 2.45) is 5.41 Å². The van der Waals surface area contributed by atoms with Gasteiger partial charge in [-0.25, -0.2) is 4.98 Å². The number of aliphatic hydroxyl groups excluding tert-OH is 1. The number of H-pyrrole nitrogens is 1. The van der Waals surface area contributed by atoms with E-state index in [2.05, 4.69) is 48.2 Å². The molecule has 9 nitrogen and oxygen atoms in total.